The van der Waals surface area contributed by atoms with E-state index < -0.39 is 0 Å². The standard InChI is InChI=1S/C16H18N4O/c1-3-17-10-12-9-15(21-16-8-11(2)19-20-16)13-6-4-5-7-14(13)18-12/h4-9,17H,3,10H2,1-2H3,(H,19,20). The predicted octanol–water partition coefficient (Wildman–Crippen LogP) is 3.17. The van der Waals surface area contributed by atoms with Gasteiger partial charge in [-0.05, 0) is 25.6 Å². The third kappa shape index (κ3) is 3.03. The molecule has 0 bridgehead atoms. The Morgan fingerprint density at radius 3 is 2.86 bits per heavy atom. The van der Waals surface area contributed by atoms with Gasteiger partial charge in [0.2, 0.25) is 5.88 Å². The van der Waals surface area contributed by atoms with Crippen molar-refractivity contribution in [1.82, 2.24) is 20.5 Å². The molecule has 5 nitrogen and oxygen atoms in total. The number of nitrogens with one attached hydrogen (secondary N) is 2. The molecule has 5 heteroatoms. The van der Waals surface area contributed by atoms with Crippen molar-refractivity contribution in [3.05, 3.63) is 47.8 Å². The Morgan fingerprint density at radius 2 is 2.10 bits per heavy atom. The molecule has 108 valence electrons. The minimum Gasteiger partial charge on any atom is -0.437 e. The topological polar surface area (TPSA) is 62.8 Å². The second-order valence-corrected chi connectivity index (χ2v) is 4.90. The molecule has 0 saturated heterocycles. The van der Waals surface area contributed by atoms with E-state index in [0.29, 0.717) is 5.88 Å². The molecule has 0 aliphatic carbocycles. The SMILES string of the molecule is CCNCc1cc(Oc2cc(C)[nH]n2)c2ccccc2n1. The van der Waals surface area contributed by atoms with Gasteiger partial charge in [-0.2, -0.15) is 0 Å². The maximum atomic E-state index is 5.92. The molecule has 0 amide bonds. The zero-order valence-electron chi connectivity index (χ0n) is 12.2. The fraction of sp³-hybridized carbons (Fsp3) is 0.250. The Labute approximate surface area is 123 Å². The normalized spacial score (nSPS) is 11.0. The molecule has 21 heavy (non-hydrogen) atoms. The summed E-state index contributed by atoms with van der Waals surface area (Å²) < 4.78 is 5.92. The monoisotopic (exact) mass is 282 g/mol. The van der Waals surface area contributed by atoms with Crippen LogP contribution in [0.1, 0.15) is 18.3 Å². The van der Waals surface area contributed by atoms with E-state index in [1.807, 2.05) is 43.3 Å². The summed E-state index contributed by atoms with van der Waals surface area (Å²) in [6.45, 7) is 5.65. The van der Waals surface area contributed by atoms with Crippen LogP contribution in [0.2, 0.25) is 0 Å². The van der Waals surface area contributed by atoms with Gasteiger partial charge in [0.05, 0.1) is 11.2 Å². The van der Waals surface area contributed by atoms with Crippen LogP contribution >= 0.6 is 0 Å². The van der Waals surface area contributed by atoms with Crippen LogP contribution in [0.5, 0.6) is 11.6 Å². The summed E-state index contributed by atoms with van der Waals surface area (Å²) in [6.07, 6.45) is 0. The number of hydrogen-bond acceptors (Lipinski definition) is 4. The van der Waals surface area contributed by atoms with E-state index in [9.17, 15) is 0 Å². The number of fused-ring (bicyclic) bond motifs is 1. The molecule has 0 saturated carbocycles. The van der Waals surface area contributed by atoms with Crippen molar-refractivity contribution in [2.24, 2.45) is 0 Å². The van der Waals surface area contributed by atoms with Gasteiger partial charge in [-0.3, -0.25) is 10.1 Å². The number of H-pyrrole nitrogens is 1. The first kappa shape index (κ1) is 13.6. The number of hydrogen-bond donors (Lipinski definition) is 2. The van der Waals surface area contributed by atoms with E-state index in [1.54, 1.807) is 0 Å². The lowest BCUT2D eigenvalue weighted by atomic mass is 10.2. The van der Waals surface area contributed by atoms with Crippen LogP contribution < -0.4 is 10.1 Å². The third-order valence-electron chi connectivity index (χ3n) is 3.18. The molecule has 2 heterocycles. The second-order valence-electron chi connectivity index (χ2n) is 4.90. The number of benzene rings is 1. The number of aryl methyl sites for hydroxylation is 1. The molecule has 3 rings (SSSR count). The smallest absolute Gasteiger partial charge is 0.238 e. The summed E-state index contributed by atoms with van der Waals surface area (Å²) in [7, 11) is 0. The zero-order valence-corrected chi connectivity index (χ0v) is 12.2. The maximum absolute atomic E-state index is 5.92. The van der Waals surface area contributed by atoms with Crippen LogP contribution in [-0.2, 0) is 6.54 Å². The van der Waals surface area contributed by atoms with Gasteiger partial charge in [0, 0.05) is 29.8 Å². The Hall–Kier alpha value is -2.40. The minimum absolute atomic E-state index is 0.568. The summed E-state index contributed by atoms with van der Waals surface area (Å²) in [5.74, 6) is 1.35. The maximum Gasteiger partial charge on any atom is 0.238 e. The van der Waals surface area contributed by atoms with Gasteiger partial charge in [0.25, 0.3) is 0 Å². The number of rotatable bonds is 5. The average Bonchev–Trinajstić information content (AvgIpc) is 2.90. The Balaban J connectivity index is 2.01. The number of nitrogens with zero attached hydrogens (tertiary/aromatic N) is 2. The lowest BCUT2D eigenvalue weighted by Crippen LogP contribution is -2.13. The second kappa shape index (κ2) is 5.93. The molecular weight excluding hydrogens is 264 g/mol. The molecular formula is C16H18N4O. The van der Waals surface area contributed by atoms with Gasteiger partial charge in [-0.25, -0.2) is 0 Å². The van der Waals surface area contributed by atoms with E-state index >= 15 is 0 Å². The van der Waals surface area contributed by atoms with Crippen molar-refractivity contribution in [2.45, 2.75) is 20.4 Å². The van der Waals surface area contributed by atoms with E-state index in [1.165, 1.54) is 0 Å². The van der Waals surface area contributed by atoms with Gasteiger partial charge in [-0.1, -0.05) is 19.1 Å². The van der Waals surface area contributed by atoms with Gasteiger partial charge in [0.1, 0.15) is 5.75 Å². The molecule has 2 aromatic heterocycles. The quantitative estimate of drug-likeness (QED) is 0.754. The molecule has 0 atom stereocenters. The van der Waals surface area contributed by atoms with Gasteiger partial charge >= 0.3 is 0 Å². The van der Waals surface area contributed by atoms with Crippen LogP contribution in [-0.4, -0.2) is 21.7 Å². The van der Waals surface area contributed by atoms with E-state index in [4.69, 9.17) is 4.74 Å². The van der Waals surface area contributed by atoms with Crippen molar-refractivity contribution >= 4 is 10.9 Å². The predicted molar refractivity (Wildman–Crippen MR) is 82.5 cm³/mol. The summed E-state index contributed by atoms with van der Waals surface area (Å²) >= 11 is 0. The fourth-order valence-corrected chi connectivity index (χ4v) is 2.18. The Kier molecular flexibility index (Phi) is 3.83. The van der Waals surface area contributed by atoms with Gasteiger partial charge in [-0.15, -0.1) is 5.10 Å². The van der Waals surface area contributed by atoms with Gasteiger partial charge < -0.3 is 10.1 Å². The summed E-state index contributed by atoms with van der Waals surface area (Å²) in [5, 5.41) is 11.3. The van der Waals surface area contributed by atoms with Crippen LogP contribution in [0, 0.1) is 6.92 Å². The molecule has 0 unspecified atom stereocenters. The van der Waals surface area contributed by atoms with E-state index in [-0.39, 0.29) is 0 Å². The third-order valence-corrected chi connectivity index (χ3v) is 3.18. The van der Waals surface area contributed by atoms with Crippen molar-refractivity contribution in [3.63, 3.8) is 0 Å². The number of ether oxygens (including phenoxy) is 1. The van der Waals surface area contributed by atoms with Crippen molar-refractivity contribution in [1.29, 1.82) is 0 Å². The lowest BCUT2D eigenvalue weighted by molar-refractivity contribution is 0.465. The number of para-hydroxylation sites is 1. The molecule has 0 aliphatic heterocycles. The molecule has 1 aromatic carbocycles. The van der Waals surface area contributed by atoms with Crippen molar-refractivity contribution < 1.29 is 4.74 Å². The average molecular weight is 282 g/mol. The summed E-state index contributed by atoms with van der Waals surface area (Å²) in [4.78, 5) is 4.65. The Bertz CT molecular complexity index is 751. The fourth-order valence-electron chi connectivity index (χ4n) is 2.18. The van der Waals surface area contributed by atoms with Crippen LogP contribution in [0.4, 0.5) is 0 Å². The summed E-state index contributed by atoms with van der Waals surface area (Å²) in [5.41, 5.74) is 2.85. The number of aromatic nitrogens is 3. The highest BCUT2D eigenvalue weighted by molar-refractivity contribution is 5.85. The first-order valence-electron chi connectivity index (χ1n) is 7.05. The van der Waals surface area contributed by atoms with Crippen LogP contribution in [0.25, 0.3) is 10.9 Å². The first-order chi connectivity index (χ1) is 10.3. The molecule has 0 radical (unpaired) electrons. The number of pyridine rings is 1. The largest absolute Gasteiger partial charge is 0.437 e. The summed E-state index contributed by atoms with van der Waals surface area (Å²) in [6, 6.07) is 11.8. The van der Waals surface area contributed by atoms with Crippen LogP contribution in [0.15, 0.2) is 36.4 Å². The number of aromatic amines is 1. The van der Waals surface area contributed by atoms with Crippen molar-refractivity contribution in [2.75, 3.05) is 6.54 Å². The first-order valence-corrected chi connectivity index (χ1v) is 7.05. The molecule has 0 fully saturated rings. The Morgan fingerprint density at radius 1 is 1.24 bits per heavy atom. The van der Waals surface area contributed by atoms with Gasteiger partial charge in [0.15, 0.2) is 0 Å². The van der Waals surface area contributed by atoms with E-state index in [2.05, 4.69) is 27.4 Å². The van der Waals surface area contributed by atoms with E-state index in [0.717, 1.165) is 41.1 Å². The lowest BCUT2D eigenvalue weighted by Gasteiger charge is -2.09. The van der Waals surface area contributed by atoms with Crippen LogP contribution in [0.3, 0.4) is 0 Å². The minimum atomic E-state index is 0.568. The van der Waals surface area contributed by atoms with Crippen molar-refractivity contribution in [3.8, 4) is 11.6 Å². The highest BCUT2D eigenvalue weighted by atomic mass is 16.5. The highest BCUT2D eigenvalue weighted by Crippen LogP contribution is 2.29. The molecule has 0 spiro atoms. The zero-order chi connectivity index (χ0) is 14.7. The molecule has 2 N–H and O–H groups in total. The highest BCUT2D eigenvalue weighted by Gasteiger charge is 2.09. The molecule has 3 aromatic rings. The molecule has 0 aliphatic rings.